The van der Waals surface area contributed by atoms with E-state index in [0.717, 1.165) is 33.9 Å². The Morgan fingerprint density at radius 2 is 1.38 bits per heavy atom. The first-order chi connectivity index (χ1) is 14.2. The Kier molecular flexibility index (Phi) is 8.94. The van der Waals surface area contributed by atoms with Gasteiger partial charge in [-0.25, -0.2) is 0 Å². The van der Waals surface area contributed by atoms with Crippen LogP contribution >= 0.6 is 40.1 Å². The van der Waals surface area contributed by atoms with Crippen LogP contribution in [-0.2, 0) is 23.3 Å². The van der Waals surface area contributed by atoms with Gasteiger partial charge in [-0.15, -0.1) is 11.6 Å². The van der Waals surface area contributed by atoms with Gasteiger partial charge in [0.2, 0.25) is 0 Å². The molecule has 7 heteroatoms. The molecule has 4 aromatic rings. The van der Waals surface area contributed by atoms with Crippen molar-refractivity contribution in [1.82, 2.24) is 14.8 Å². The summed E-state index contributed by atoms with van der Waals surface area (Å²) in [4.78, 5) is 4.61. The molecule has 3 nitrogen and oxygen atoms in total. The van der Waals surface area contributed by atoms with Gasteiger partial charge in [0.15, 0.2) is 0 Å². The summed E-state index contributed by atoms with van der Waals surface area (Å²) in [6.07, 6.45) is 0. The minimum atomic E-state index is 0.410. The second-order valence-corrected chi connectivity index (χ2v) is 11.4. The zero-order valence-corrected chi connectivity index (χ0v) is 20.2. The van der Waals surface area contributed by atoms with E-state index in [1.54, 1.807) is 0 Å². The van der Waals surface area contributed by atoms with Gasteiger partial charge in [0.25, 0.3) is 0 Å². The van der Waals surface area contributed by atoms with Gasteiger partial charge in [0, 0.05) is 5.56 Å². The predicted molar refractivity (Wildman–Crippen MR) is 124 cm³/mol. The number of rotatable bonds is 5. The number of pyridine rings is 1. The molecule has 152 valence electrons. The third-order valence-electron chi connectivity index (χ3n) is 4.23. The number of aromatic nitrogens is 3. The predicted octanol–water partition coefficient (Wildman–Crippen LogP) is 7.09. The van der Waals surface area contributed by atoms with Crippen molar-refractivity contribution in [3.8, 4) is 22.5 Å². The molecule has 0 amide bonds. The summed E-state index contributed by atoms with van der Waals surface area (Å²) in [7, 11) is 1.25. The second kappa shape index (κ2) is 11.7. The average Bonchev–Trinajstić information content (AvgIpc) is 3.19. The van der Waals surface area contributed by atoms with Gasteiger partial charge in [-0.1, -0.05) is 66.7 Å². The molecular formula is C22H18Br2ClN3Ni. The third kappa shape index (κ3) is 6.26. The summed E-state index contributed by atoms with van der Waals surface area (Å²) < 4.78 is 2.01. The Morgan fingerprint density at radius 3 is 2.00 bits per heavy atom. The number of halogens is 3. The fraction of sp³-hybridized carbons (Fsp3) is 0.0909. The van der Waals surface area contributed by atoms with Crippen molar-refractivity contribution in [2.75, 3.05) is 0 Å². The Morgan fingerprint density at radius 1 is 0.793 bits per heavy atom. The van der Waals surface area contributed by atoms with Crippen LogP contribution in [0.1, 0.15) is 11.4 Å². The van der Waals surface area contributed by atoms with Gasteiger partial charge in [-0.2, -0.15) is 5.10 Å². The molecule has 2 aromatic carbocycles. The monoisotopic (exact) mass is 575 g/mol. The fourth-order valence-electron chi connectivity index (χ4n) is 2.97. The molecule has 29 heavy (non-hydrogen) atoms. The Labute approximate surface area is 195 Å². The SMILES string of the molecule is ClCc1cccc(Cn2nc(-c3ccccc3)cc2-c2ccccc2)n1.[Br][Ni][Br]. The van der Waals surface area contributed by atoms with E-state index in [1.165, 1.54) is 10.9 Å². The van der Waals surface area contributed by atoms with Crippen molar-refractivity contribution in [3.05, 3.63) is 96.3 Å². The number of hydrogen-bond acceptors (Lipinski definition) is 2. The molecule has 0 atom stereocenters. The zero-order chi connectivity index (χ0) is 20.5. The standard InChI is InChI=1S/C22H18ClN3.2BrH.Ni/c23-15-19-12-7-13-20(24-19)16-26-22(18-10-5-2-6-11-18)14-21(25-26)17-8-3-1-4-9-17;;;/h1-14H,15-16H2;2*1H;/q;;;+2/p-2. The third-order valence-corrected chi connectivity index (χ3v) is 4.51. The number of benzene rings is 2. The van der Waals surface area contributed by atoms with Crippen molar-refractivity contribution < 1.29 is 10.9 Å². The summed E-state index contributed by atoms with van der Waals surface area (Å²) in [6.45, 7) is 0.599. The first kappa shape index (κ1) is 22.2. The Hall–Kier alpha value is -1.46. The van der Waals surface area contributed by atoms with E-state index < -0.39 is 0 Å². The van der Waals surface area contributed by atoms with Crippen LogP contribution in [0.2, 0.25) is 0 Å². The Balaban J connectivity index is 0.000000755. The summed E-state index contributed by atoms with van der Waals surface area (Å²) in [6, 6.07) is 28.6. The van der Waals surface area contributed by atoms with Crippen LogP contribution in [0.25, 0.3) is 22.5 Å². The molecule has 0 spiro atoms. The maximum absolute atomic E-state index is 5.93. The average molecular weight is 578 g/mol. The van der Waals surface area contributed by atoms with Gasteiger partial charge in [-0.3, -0.25) is 9.67 Å². The van der Waals surface area contributed by atoms with Crippen LogP contribution in [0.4, 0.5) is 0 Å². The number of alkyl halides is 1. The zero-order valence-electron chi connectivity index (χ0n) is 15.3. The minimum absolute atomic E-state index is 0.410. The van der Waals surface area contributed by atoms with Crippen molar-refractivity contribution in [2.45, 2.75) is 12.4 Å². The Bertz CT molecular complexity index is 1030. The van der Waals surface area contributed by atoms with Crippen molar-refractivity contribution in [2.24, 2.45) is 0 Å². The van der Waals surface area contributed by atoms with Crippen molar-refractivity contribution in [3.63, 3.8) is 0 Å². The van der Waals surface area contributed by atoms with Gasteiger partial charge >= 0.3 is 39.3 Å². The molecule has 0 aliphatic rings. The van der Waals surface area contributed by atoms with E-state index in [9.17, 15) is 0 Å². The van der Waals surface area contributed by atoms with Gasteiger partial charge in [0.05, 0.1) is 35.2 Å². The molecule has 0 aliphatic carbocycles. The van der Waals surface area contributed by atoms with Crippen LogP contribution in [0.15, 0.2) is 84.9 Å². The molecule has 2 aromatic heterocycles. The molecule has 0 saturated heterocycles. The normalized spacial score (nSPS) is 10.4. The molecule has 0 fully saturated rings. The second-order valence-electron chi connectivity index (χ2n) is 6.10. The van der Waals surface area contributed by atoms with E-state index in [0.29, 0.717) is 12.4 Å². The van der Waals surface area contributed by atoms with Crippen LogP contribution < -0.4 is 0 Å². The molecule has 2 heterocycles. The van der Waals surface area contributed by atoms with Crippen molar-refractivity contribution >= 4 is 40.1 Å². The molecule has 0 saturated carbocycles. The van der Waals surface area contributed by atoms with E-state index in [4.69, 9.17) is 16.7 Å². The quantitative estimate of drug-likeness (QED) is 0.187. The van der Waals surface area contributed by atoms with Crippen LogP contribution in [0, 0.1) is 0 Å². The van der Waals surface area contributed by atoms with E-state index >= 15 is 0 Å². The van der Waals surface area contributed by atoms with Gasteiger partial charge < -0.3 is 0 Å². The fourth-order valence-corrected chi connectivity index (χ4v) is 3.12. The van der Waals surface area contributed by atoms with E-state index in [1.807, 2.05) is 59.3 Å². The summed E-state index contributed by atoms with van der Waals surface area (Å²) in [5.74, 6) is 0.410. The van der Waals surface area contributed by atoms with Crippen LogP contribution in [-0.4, -0.2) is 14.8 Å². The summed E-state index contributed by atoms with van der Waals surface area (Å²) in [5.41, 5.74) is 6.09. The molecule has 4 rings (SSSR count). The number of hydrogen-bond donors (Lipinski definition) is 0. The van der Waals surface area contributed by atoms with E-state index in [2.05, 4.69) is 63.8 Å². The molecular weight excluding hydrogens is 560 g/mol. The van der Waals surface area contributed by atoms with Crippen LogP contribution in [0.3, 0.4) is 0 Å². The molecule has 0 N–H and O–H groups in total. The maximum atomic E-state index is 5.93. The van der Waals surface area contributed by atoms with Crippen molar-refractivity contribution in [1.29, 1.82) is 0 Å². The summed E-state index contributed by atoms with van der Waals surface area (Å²) in [5, 5.41) is 4.85. The summed E-state index contributed by atoms with van der Waals surface area (Å²) >= 11 is 11.9. The number of nitrogens with zero attached hydrogens (tertiary/aromatic N) is 3. The van der Waals surface area contributed by atoms with Crippen LogP contribution in [0.5, 0.6) is 0 Å². The first-order valence-electron chi connectivity index (χ1n) is 8.77. The molecule has 0 aliphatic heterocycles. The van der Waals surface area contributed by atoms with Gasteiger partial charge in [-0.05, 0) is 23.8 Å². The van der Waals surface area contributed by atoms with E-state index in [-0.39, 0.29) is 0 Å². The molecule has 0 unspecified atom stereocenters. The molecule has 0 bridgehead atoms. The molecule has 0 radical (unpaired) electrons. The first-order valence-corrected chi connectivity index (χ1v) is 14.2. The van der Waals surface area contributed by atoms with Gasteiger partial charge in [0.1, 0.15) is 0 Å². The topological polar surface area (TPSA) is 30.7 Å².